The average Bonchev–Trinajstić information content (AvgIpc) is 2.96. The zero-order chi connectivity index (χ0) is 17.5. The molecule has 1 aliphatic rings. The van der Waals surface area contributed by atoms with E-state index in [2.05, 4.69) is 5.10 Å². The Hall–Kier alpha value is -2.70. The van der Waals surface area contributed by atoms with E-state index in [4.69, 9.17) is 0 Å². The second-order valence-corrected chi connectivity index (χ2v) is 6.33. The van der Waals surface area contributed by atoms with E-state index in [0.717, 1.165) is 0 Å². The van der Waals surface area contributed by atoms with E-state index < -0.39 is 11.5 Å². The third-order valence-corrected chi connectivity index (χ3v) is 4.75. The summed E-state index contributed by atoms with van der Waals surface area (Å²) < 4.78 is 1.21. The topological polar surface area (TPSA) is 92.5 Å². The van der Waals surface area contributed by atoms with Crippen LogP contribution in [0.25, 0.3) is 10.8 Å². The smallest absolute Gasteiger partial charge is 0.329 e. The number of amides is 1. The van der Waals surface area contributed by atoms with Crippen LogP contribution in [0.5, 0.6) is 0 Å². The Kier molecular flexibility index (Phi) is 3.87. The third kappa shape index (κ3) is 2.46. The Labute approximate surface area is 138 Å². The average molecular weight is 329 g/mol. The molecule has 1 fully saturated rings. The Balaban J connectivity index is 1.99. The summed E-state index contributed by atoms with van der Waals surface area (Å²) in [4.78, 5) is 37.8. The van der Waals surface area contributed by atoms with Crippen LogP contribution in [0.4, 0.5) is 0 Å². The molecule has 0 aliphatic carbocycles. The van der Waals surface area contributed by atoms with Gasteiger partial charge in [-0.1, -0.05) is 18.2 Å². The highest BCUT2D eigenvalue weighted by atomic mass is 16.4. The molecule has 7 heteroatoms. The van der Waals surface area contributed by atoms with Crippen molar-refractivity contribution in [2.24, 2.45) is 7.05 Å². The van der Waals surface area contributed by atoms with E-state index in [-0.39, 0.29) is 17.9 Å². The van der Waals surface area contributed by atoms with Crippen molar-refractivity contribution in [3.8, 4) is 0 Å². The quantitative estimate of drug-likeness (QED) is 0.905. The van der Waals surface area contributed by atoms with Crippen LogP contribution in [0.15, 0.2) is 29.1 Å². The van der Waals surface area contributed by atoms with E-state index in [0.29, 0.717) is 35.9 Å². The summed E-state index contributed by atoms with van der Waals surface area (Å²) in [6.07, 6.45) is 1.07. The minimum Gasteiger partial charge on any atom is -0.480 e. The largest absolute Gasteiger partial charge is 0.480 e. The predicted octanol–water partition coefficient (Wildman–Crippen LogP) is 0.942. The third-order valence-electron chi connectivity index (χ3n) is 4.75. The Bertz CT molecular complexity index is 889. The number of nitrogens with zero attached hydrogens (tertiary/aromatic N) is 3. The maximum atomic E-state index is 12.7. The van der Waals surface area contributed by atoms with Crippen LogP contribution in [0.2, 0.25) is 0 Å². The number of likely N-dealkylation sites (tertiary alicyclic amines) is 1. The molecule has 24 heavy (non-hydrogen) atoms. The lowest BCUT2D eigenvalue weighted by atomic mass is 9.98. The van der Waals surface area contributed by atoms with Gasteiger partial charge in [-0.15, -0.1) is 0 Å². The molecule has 1 N–H and O–H groups in total. The molecule has 3 rings (SSSR count). The predicted molar refractivity (Wildman–Crippen MR) is 87.7 cm³/mol. The molecule has 1 atom stereocenters. The summed E-state index contributed by atoms with van der Waals surface area (Å²) in [7, 11) is 1.54. The van der Waals surface area contributed by atoms with Gasteiger partial charge in [0, 0.05) is 19.0 Å². The fourth-order valence-corrected chi connectivity index (χ4v) is 3.33. The molecule has 0 radical (unpaired) electrons. The number of aromatic nitrogens is 2. The number of hydrogen-bond acceptors (Lipinski definition) is 4. The maximum Gasteiger partial charge on any atom is 0.329 e. The summed E-state index contributed by atoms with van der Waals surface area (Å²) >= 11 is 0. The van der Waals surface area contributed by atoms with Crippen molar-refractivity contribution in [3.05, 3.63) is 40.3 Å². The van der Waals surface area contributed by atoms with Crippen molar-refractivity contribution >= 4 is 22.6 Å². The number of carbonyl (C=O) groups is 2. The van der Waals surface area contributed by atoms with E-state index in [1.165, 1.54) is 9.58 Å². The van der Waals surface area contributed by atoms with Crippen molar-refractivity contribution in [1.82, 2.24) is 14.7 Å². The molecule has 1 unspecified atom stereocenters. The summed E-state index contributed by atoms with van der Waals surface area (Å²) in [6, 6.07) is 7.00. The number of rotatable bonds is 3. The van der Waals surface area contributed by atoms with Gasteiger partial charge in [0.05, 0.1) is 17.5 Å². The first-order valence-electron chi connectivity index (χ1n) is 7.83. The van der Waals surface area contributed by atoms with E-state index >= 15 is 0 Å². The standard InChI is InChI=1S/C17H19N3O4/c1-17(16(23)24)8-5-9-20(17)14(21)10-13-11-6-3-4-7-12(11)15(22)19(2)18-13/h3-4,6-7H,5,8-10H2,1-2H3,(H,23,24). The molecule has 2 aromatic rings. The van der Waals surface area contributed by atoms with Gasteiger partial charge in [-0.2, -0.15) is 5.10 Å². The molecule has 0 bridgehead atoms. The molecule has 7 nitrogen and oxygen atoms in total. The molecule has 0 saturated carbocycles. The monoisotopic (exact) mass is 329 g/mol. The van der Waals surface area contributed by atoms with Gasteiger partial charge in [-0.05, 0) is 25.8 Å². The highest BCUT2D eigenvalue weighted by Crippen LogP contribution is 2.30. The number of hydrogen-bond donors (Lipinski definition) is 1. The fourth-order valence-electron chi connectivity index (χ4n) is 3.33. The lowest BCUT2D eigenvalue weighted by Crippen LogP contribution is -2.51. The zero-order valence-electron chi connectivity index (χ0n) is 13.7. The van der Waals surface area contributed by atoms with E-state index in [1.54, 1.807) is 38.2 Å². The van der Waals surface area contributed by atoms with Crippen LogP contribution < -0.4 is 5.56 Å². The first-order chi connectivity index (χ1) is 11.3. The number of carboxylic acid groups (broad SMARTS) is 1. The first kappa shape index (κ1) is 16.2. The molecule has 1 saturated heterocycles. The van der Waals surface area contributed by atoms with Gasteiger partial charge in [0.15, 0.2) is 0 Å². The van der Waals surface area contributed by atoms with Crippen LogP contribution in [-0.4, -0.2) is 43.7 Å². The fraction of sp³-hybridized carbons (Fsp3) is 0.412. The highest BCUT2D eigenvalue weighted by Gasteiger charge is 2.45. The molecule has 1 aromatic carbocycles. The molecule has 2 heterocycles. The second kappa shape index (κ2) is 5.74. The van der Waals surface area contributed by atoms with Gasteiger partial charge in [0.2, 0.25) is 5.91 Å². The SMILES string of the molecule is Cn1nc(CC(=O)N2CCCC2(C)C(=O)O)c2ccccc2c1=O. The van der Waals surface area contributed by atoms with Gasteiger partial charge in [0.1, 0.15) is 5.54 Å². The van der Waals surface area contributed by atoms with E-state index in [1.807, 2.05) is 0 Å². The molecule has 1 aromatic heterocycles. The Morgan fingerprint density at radius 3 is 2.62 bits per heavy atom. The van der Waals surface area contributed by atoms with Gasteiger partial charge in [0.25, 0.3) is 5.56 Å². The lowest BCUT2D eigenvalue weighted by Gasteiger charge is -2.31. The van der Waals surface area contributed by atoms with Crippen molar-refractivity contribution in [2.75, 3.05) is 6.54 Å². The van der Waals surface area contributed by atoms with Crippen LogP contribution in [0.3, 0.4) is 0 Å². The van der Waals surface area contributed by atoms with Gasteiger partial charge in [-0.3, -0.25) is 9.59 Å². The summed E-state index contributed by atoms with van der Waals surface area (Å²) in [5, 5.41) is 14.8. The molecule has 1 amide bonds. The number of aliphatic carboxylic acids is 1. The maximum absolute atomic E-state index is 12.7. The molecule has 0 spiro atoms. The molecule has 1 aliphatic heterocycles. The number of carboxylic acids is 1. The van der Waals surface area contributed by atoms with Crippen molar-refractivity contribution in [1.29, 1.82) is 0 Å². The zero-order valence-corrected chi connectivity index (χ0v) is 13.7. The van der Waals surface area contributed by atoms with E-state index in [9.17, 15) is 19.5 Å². The Morgan fingerprint density at radius 1 is 1.29 bits per heavy atom. The van der Waals surface area contributed by atoms with Gasteiger partial charge >= 0.3 is 5.97 Å². The van der Waals surface area contributed by atoms with Crippen molar-refractivity contribution in [2.45, 2.75) is 31.7 Å². The summed E-state index contributed by atoms with van der Waals surface area (Å²) in [5.74, 6) is -1.28. The summed E-state index contributed by atoms with van der Waals surface area (Å²) in [5.41, 5.74) is -0.913. The second-order valence-electron chi connectivity index (χ2n) is 6.33. The molecular formula is C17H19N3O4. The number of benzene rings is 1. The number of fused-ring (bicyclic) bond motifs is 1. The number of aryl methyl sites for hydroxylation is 1. The Morgan fingerprint density at radius 2 is 1.96 bits per heavy atom. The van der Waals surface area contributed by atoms with Crippen LogP contribution in [0, 0.1) is 0 Å². The number of carbonyl (C=O) groups excluding carboxylic acids is 1. The lowest BCUT2D eigenvalue weighted by molar-refractivity contribution is -0.155. The van der Waals surface area contributed by atoms with Crippen molar-refractivity contribution < 1.29 is 14.7 Å². The van der Waals surface area contributed by atoms with Gasteiger partial charge < -0.3 is 10.0 Å². The normalized spacial score (nSPS) is 20.5. The van der Waals surface area contributed by atoms with Gasteiger partial charge in [-0.25, -0.2) is 9.48 Å². The van der Waals surface area contributed by atoms with Crippen LogP contribution >= 0.6 is 0 Å². The molecule has 126 valence electrons. The minimum atomic E-state index is -1.17. The minimum absolute atomic E-state index is 0.0303. The van der Waals surface area contributed by atoms with Crippen molar-refractivity contribution in [3.63, 3.8) is 0 Å². The first-order valence-corrected chi connectivity index (χ1v) is 7.83. The van der Waals surface area contributed by atoms with Crippen LogP contribution in [0.1, 0.15) is 25.5 Å². The summed E-state index contributed by atoms with van der Waals surface area (Å²) in [6.45, 7) is 2.00. The van der Waals surface area contributed by atoms with Crippen LogP contribution in [-0.2, 0) is 23.1 Å². The highest BCUT2D eigenvalue weighted by molar-refractivity contribution is 5.91. The molecular weight excluding hydrogens is 310 g/mol.